The number of benzene rings is 3. The smallest absolute Gasteiger partial charge is 0.338 e. The molecule has 0 atom stereocenters. The zero-order valence-electron chi connectivity index (χ0n) is 16.9. The van der Waals surface area contributed by atoms with Crippen molar-refractivity contribution in [1.29, 1.82) is 0 Å². The summed E-state index contributed by atoms with van der Waals surface area (Å²) in [7, 11) is -2.59. The highest BCUT2D eigenvalue weighted by Crippen LogP contribution is 2.28. The number of aryl methyl sites for hydroxylation is 1. The van der Waals surface area contributed by atoms with Crippen LogP contribution in [0.4, 0.5) is 5.69 Å². The monoisotopic (exact) mass is 443 g/mol. The first-order valence-electron chi connectivity index (χ1n) is 9.35. The van der Waals surface area contributed by atoms with Crippen LogP contribution in [-0.4, -0.2) is 28.0 Å². The van der Waals surface area contributed by atoms with Crippen molar-refractivity contribution in [3.05, 3.63) is 82.9 Å². The van der Waals surface area contributed by atoms with Crippen LogP contribution < -0.4 is 4.31 Å². The molecule has 3 aromatic carbocycles. The number of ether oxygens (including phenoxy) is 1. The second kappa shape index (κ2) is 8.90. The van der Waals surface area contributed by atoms with Gasteiger partial charge >= 0.3 is 5.97 Å². The maximum absolute atomic E-state index is 13.3. The summed E-state index contributed by atoms with van der Waals surface area (Å²) in [6.45, 7) is 3.74. The summed E-state index contributed by atoms with van der Waals surface area (Å²) in [5.41, 5.74) is 3.35. The number of esters is 1. The van der Waals surface area contributed by atoms with Crippen LogP contribution in [0.3, 0.4) is 0 Å². The van der Waals surface area contributed by atoms with Crippen molar-refractivity contribution < 1.29 is 17.9 Å². The van der Waals surface area contributed by atoms with Crippen molar-refractivity contribution in [1.82, 2.24) is 0 Å². The van der Waals surface area contributed by atoms with Crippen LogP contribution in [-0.2, 0) is 14.8 Å². The average molecular weight is 444 g/mol. The summed E-state index contributed by atoms with van der Waals surface area (Å²) in [6, 6.07) is 19.2. The summed E-state index contributed by atoms with van der Waals surface area (Å²) in [5, 5.41) is 0.656. The van der Waals surface area contributed by atoms with Crippen LogP contribution in [0.1, 0.15) is 22.8 Å². The summed E-state index contributed by atoms with van der Waals surface area (Å²) < 4.78 is 32.7. The average Bonchev–Trinajstić information content (AvgIpc) is 2.75. The standard InChI is InChI=1S/C23H22ClNO4S/c1-4-25(20-12-8-18(9-13-20)17-6-10-19(24)11-7-17)30(27,28)21-14-5-16(2)22(15-21)23(26)29-3/h5-15H,4H2,1-3H3. The maximum Gasteiger partial charge on any atom is 0.338 e. The Morgan fingerprint density at radius 1 is 0.967 bits per heavy atom. The molecule has 5 nitrogen and oxygen atoms in total. The van der Waals surface area contributed by atoms with Gasteiger partial charge in [0.05, 0.1) is 23.3 Å². The minimum atomic E-state index is -3.86. The van der Waals surface area contributed by atoms with E-state index in [0.29, 0.717) is 16.3 Å². The minimum absolute atomic E-state index is 0.0390. The van der Waals surface area contributed by atoms with Gasteiger partial charge in [0.25, 0.3) is 10.0 Å². The van der Waals surface area contributed by atoms with E-state index in [4.69, 9.17) is 16.3 Å². The molecule has 0 amide bonds. The second-order valence-electron chi connectivity index (χ2n) is 6.69. The second-order valence-corrected chi connectivity index (χ2v) is 8.99. The zero-order chi connectivity index (χ0) is 21.9. The largest absolute Gasteiger partial charge is 0.465 e. The van der Waals surface area contributed by atoms with Gasteiger partial charge in [-0.25, -0.2) is 13.2 Å². The van der Waals surface area contributed by atoms with Crippen molar-refractivity contribution in [3.8, 4) is 11.1 Å². The van der Waals surface area contributed by atoms with E-state index in [0.717, 1.165) is 11.1 Å². The number of methoxy groups -OCH3 is 1. The molecular formula is C23H22ClNO4S. The lowest BCUT2D eigenvalue weighted by Crippen LogP contribution is -2.31. The fourth-order valence-corrected chi connectivity index (χ4v) is 4.80. The quantitative estimate of drug-likeness (QED) is 0.484. The molecule has 0 aliphatic rings. The van der Waals surface area contributed by atoms with Gasteiger partial charge in [0.2, 0.25) is 0 Å². The predicted octanol–water partition coefficient (Wildman–Crippen LogP) is 5.32. The van der Waals surface area contributed by atoms with Crippen molar-refractivity contribution in [3.63, 3.8) is 0 Å². The highest BCUT2D eigenvalue weighted by molar-refractivity contribution is 7.92. The topological polar surface area (TPSA) is 63.7 Å². The molecule has 0 radical (unpaired) electrons. The van der Waals surface area contributed by atoms with Gasteiger partial charge in [-0.2, -0.15) is 0 Å². The molecule has 0 unspecified atom stereocenters. The molecule has 7 heteroatoms. The first kappa shape index (κ1) is 21.9. The molecule has 0 aliphatic heterocycles. The Balaban J connectivity index is 1.96. The van der Waals surface area contributed by atoms with Crippen LogP contribution >= 0.6 is 11.6 Å². The molecule has 0 heterocycles. The molecular weight excluding hydrogens is 422 g/mol. The van der Waals surface area contributed by atoms with Crippen LogP contribution in [0.15, 0.2) is 71.6 Å². The number of carbonyl (C=O) groups is 1. The molecule has 0 saturated heterocycles. The lowest BCUT2D eigenvalue weighted by atomic mass is 10.1. The van der Waals surface area contributed by atoms with E-state index in [1.165, 1.54) is 23.5 Å². The number of rotatable bonds is 6. The molecule has 3 rings (SSSR count). The fraction of sp³-hybridized carbons (Fsp3) is 0.174. The van der Waals surface area contributed by atoms with E-state index in [2.05, 4.69) is 0 Å². The Morgan fingerprint density at radius 3 is 2.07 bits per heavy atom. The molecule has 0 N–H and O–H groups in total. The van der Waals surface area contributed by atoms with E-state index < -0.39 is 16.0 Å². The van der Waals surface area contributed by atoms with Gasteiger partial charge in [-0.3, -0.25) is 4.31 Å². The Bertz CT molecular complexity index is 1160. The van der Waals surface area contributed by atoms with Gasteiger partial charge in [-0.1, -0.05) is 41.9 Å². The van der Waals surface area contributed by atoms with Gasteiger partial charge < -0.3 is 4.74 Å². The lowest BCUT2D eigenvalue weighted by Gasteiger charge is -2.23. The summed E-state index contributed by atoms with van der Waals surface area (Å²) in [5.74, 6) is -0.570. The molecule has 30 heavy (non-hydrogen) atoms. The van der Waals surface area contributed by atoms with Crippen LogP contribution in [0.5, 0.6) is 0 Å². The molecule has 0 spiro atoms. The number of hydrogen-bond acceptors (Lipinski definition) is 4. The van der Waals surface area contributed by atoms with Gasteiger partial charge in [-0.05, 0) is 66.9 Å². The fourth-order valence-electron chi connectivity index (χ4n) is 3.17. The summed E-state index contributed by atoms with van der Waals surface area (Å²) >= 11 is 5.94. The first-order valence-corrected chi connectivity index (χ1v) is 11.2. The number of hydrogen-bond donors (Lipinski definition) is 0. The molecule has 3 aromatic rings. The SMILES string of the molecule is CCN(c1ccc(-c2ccc(Cl)cc2)cc1)S(=O)(=O)c1ccc(C)c(C(=O)OC)c1. The van der Waals surface area contributed by atoms with Gasteiger partial charge in [0.15, 0.2) is 0 Å². The number of halogens is 1. The van der Waals surface area contributed by atoms with E-state index in [1.807, 2.05) is 36.4 Å². The van der Waals surface area contributed by atoms with Crippen LogP contribution in [0.2, 0.25) is 5.02 Å². The first-order chi connectivity index (χ1) is 14.3. The Labute approximate surface area is 181 Å². The zero-order valence-corrected chi connectivity index (χ0v) is 18.5. The minimum Gasteiger partial charge on any atom is -0.465 e. The summed E-state index contributed by atoms with van der Waals surface area (Å²) in [4.78, 5) is 12.0. The summed E-state index contributed by atoms with van der Waals surface area (Å²) in [6.07, 6.45) is 0. The van der Waals surface area contributed by atoms with Crippen LogP contribution in [0.25, 0.3) is 11.1 Å². The Kier molecular flexibility index (Phi) is 6.48. The van der Waals surface area contributed by atoms with Crippen molar-refractivity contribution in [2.24, 2.45) is 0 Å². The Morgan fingerprint density at radius 2 is 1.53 bits per heavy atom. The van der Waals surface area contributed by atoms with Crippen LogP contribution in [0, 0.1) is 6.92 Å². The third-order valence-electron chi connectivity index (χ3n) is 4.82. The molecule has 0 fully saturated rings. The molecule has 0 aliphatic carbocycles. The highest BCUT2D eigenvalue weighted by Gasteiger charge is 2.25. The normalized spacial score (nSPS) is 11.2. The molecule has 156 valence electrons. The molecule has 0 aromatic heterocycles. The highest BCUT2D eigenvalue weighted by atomic mass is 35.5. The number of anilines is 1. The van der Waals surface area contributed by atoms with E-state index in [-0.39, 0.29) is 17.0 Å². The third kappa shape index (κ3) is 4.35. The van der Waals surface area contributed by atoms with E-state index in [9.17, 15) is 13.2 Å². The van der Waals surface area contributed by atoms with E-state index >= 15 is 0 Å². The number of carbonyl (C=O) groups excluding carboxylic acids is 1. The van der Waals surface area contributed by atoms with Crippen molar-refractivity contribution >= 4 is 33.3 Å². The molecule has 0 bridgehead atoms. The maximum atomic E-state index is 13.3. The Hall–Kier alpha value is -2.83. The van der Waals surface area contributed by atoms with Gasteiger partial charge in [0.1, 0.15) is 0 Å². The van der Waals surface area contributed by atoms with Crippen molar-refractivity contribution in [2.45, 2.75) is 18.7 Å². The van der Waals surface area contributed by atoms with E-state index in [1.54, 1.807) is 32.0 Å². The predicted molar refractivity (Wildman–Crippen MR) is 120 cm³/mol. The van der Waals surface area contributed by atoms with Crippen molar-refractivity contribution in [2.75, 3.05) is 18.0 Å². The number of nitrogens with zero attached hydrogens (tertiary/aromatic N) is 1. The number of sulfonamides is 1. The third-order valence-corrected chi connectivity index (χ3v) is 6.97. The van der Waals surface area contributed by atoms with Gasteiger partial charge in [-0.15, -0.1) is 0 Å². The van der Waals surface area contributed by atoms with Gasteiger partial charge in [0, 0.05) is 11.6 Å². The molecule has 0 saturated carbocycles. The lowest BCUT2D eigenvalue weighted by molar-refractivity contribution is 0.0599.